The number of carboxylic acid groups (broad SMARTS) is 1. The molecule has 2 N–H and O–H groups in total. The Morgan fingerprint density at radius 3 is 2.68 bits per heavy atom. The largest absolute Gasteiger partial charge is 0.481 e. The van der Waals surface area contributed by atoms with E-state index in [1.807, 2.05) is 6.92 Å². The number of rotatable bonds is 7. The first kappa shape index (κ1) is 16.0. The van der Waals surface area contributed by atoms with Crippen molar-refractivity contribution in [2.24, 2.45) is 11.8 Å². The Bertz CT molecular complexity index is 306. The zero-order valence-electron chi connectivity index (χ0n) is 11.9. The molecule has 0 radical (unpaired) electrons. The number of carbonyl (C=O) groups excluding carboxylic acids is 1. The standard InChI is InChI=1S/C14H25NO4/c1-10(19-2)7-8-13(16)15-9-11-5-3-4-6-12(11)14(17)18/h10-12H,3-9H2,1-2H3,(H,15,16)(H,17,18). The molecule has 0 bridgehead atoms. The molecule has 1 aliphatic rings. The van der Waals surface area contributed by atoms with Crippen LogP contribution in [-0.4, -0.2) is 36.7 Å². The Morgan fingerprint density at radius 2 is 2.05 bits per heavy atom. The predicted octanol–water partition coefficient (Wildman–Crippen LogP) is 1.81. The van der Waals surface area contributed by atoms with Gasteiger partial charge in [0.05, 0.1) is 12.0 Å². The van der Waals surface area contributed by atoms with Crippen LogP contribution in [-0.2, 0) is 14.3 Å². The lowest BCUT2D eigenvalue weighted by Crippen LogP contribution is -2.37. The Hall–Kier alpha value is -1.10. The van der Waals surface area contributed by atoms with Crippen LogP contribution in [0.5, 0.6) is 0 Å². The molecule has 5 heteroatoms. The van der Waals surface area contributed by atoms with E-state index in [0.29, 0.717) is 19.4 Å². The molecule has 0 aromatic heterocycles. The van der Waals surface area contributed by atoms with E-state index in [2.05, 4.69) is 5.32 Å². The van der Waals surface area contributed by atoms with E-state index < -0.39 is 5.97 Å². The number of carboxylic acids is 1. The van der Waals surface area contributed by atoms with Gasteiger partial charge in [0, 0.05) is 20.1 Å². The van der Waals surface area contributed by atoms with Crippen molar-refractivity contribution in [3.63, 3.8) is 0 Å². The smallest absolute Gasteiger partial charge is 0.306 e. The molecule has 0 aromatic carbocycles. The van der Waals surface area contributed by atoms with Gasteiger partial charge in [-0.15, -0.1) is 0 Å². The molecule has 110 valence electrons. The minimum Gasteiger partial charge on any atom is -0.481 e. The molecule has 1 saturated carbocycles. The van der Waals surface area contributed by atoms with E-state index in [9.17, 15) is 9.59 Å². The van der Waals surface area contributed by atoms with Gasteiger partial charge in [-0.25, -0.2) is 0 Å². The maximum Gasteiger partial charge on any atom is 0.306 e. The fourth-order valence-corrected chi connectivity index (χ4v) is 2.56. The summed E-state index contributed by atoms with van der Waals surface area (Å²) in [5.74, 6) is -0.965. The lowest BCUT2D eigenvalue weighted by Gasteiger charge is -2.28. The molecule has 1 amide bonds. The van der Waals surface area contributed by atoms with E-state index in [4.69, 9.17) is 9.84 Å². The molecule has 0 spiro atoms. The minimum absolute atomic E-state index is 0.0152. The molecule has 0 aromatic rings. The van der Waals surface area contributed by atoms with Crippen LogP contribution in [0.25, 0.3) is 0 Å². The summed E-state index contributed by atoms with van der Waals surface area (Å²) in [6, 6.07) is 0. The van der Waals surface area contributed by atoms with E-state index in [-0.39, 0.29) is 23.8 Å². The molecule has 0 aliphatic heterocycles. The van der Waals surface area contributed by atoms with Crippen molar-refractivity contribution in [3.8, 4) is 0 Å². The normalized spacial score (nSPS) is 24.7. The van der Waals surface area contributed by atoms with Crippen molar-refractivity contribution in [2.75, 3.05) is 13.7 Å². The maximum absolute atomic E-state index is 11.7. The summed E-state index contributed by atoms with van der Waals surface area (Å²) in [6.07, 6.45) is 4.86. The number of hydrogen-bond donors (Lipinski definition) is 2. The van der Waals surface area contributed by atoms with Gasteiger partial charge < -0.3 is 15.2 Å². The third kappa shape index (κ3) is 5.59. The average molecular weight is 271 g/mol. The Balaban J connectivity index is 2.29. The first-order valence-electron chi connectivity index (χ1n) is 7.07. The fourth-order valence-electron chi connectivity index (χ4n) is 2.56. The average Bonchev–Trinajstić information content (AvgIpc) is 2.42. The molecule has 5 nitrogen and oxygen atoms in total. The SMILES string of the molecule is COC(C)CCC(=O)NCC1CCCCC1C(=O)O. The number of amides is 1. The van der Waals surface area contributed by atoms with E-state index in [1.165, 1.54) is 0 Å². The third-order valence-corrected chi connectivity index (χ3v) is 3.97. The van der Waals surface area contributed by atoms with Gasteiger partial charge in [-0.2, -0.15) is 0 Å². The van der Waals surface area contributed by atoms with Crippen molar-refractivity contribution in [1.29, 1.82) is 0 Å². The van der Waals surface area contributed by atoms with Crippen molar-refractivity contribution in [3.05, 3.63) is 0 Å². The third-order valence-electron chi connectivity index (χ3n) is 3.97. The number of aliphatic carboxylic acids is 1. The van der Waals surface area contributed by atoms with Gasteiger partial charge in [0.15, 0.2) is 0 Å². The molecular formula is C14H25NO4. The number of carbonyl (C=O) groups is 2. The summed E-state index contributed by atoms with van der Waals surface area (Å²) in [5.41, 5.74) is 0. The van der Waals surface area contributed by atoms with Crippen LogP contribution in [0.3, 0.4) is 0 Å². The highest BCUT2D eigenvalue weighted by molar-refractivity contribution is 5.76. The maximum atomic E-state index is 11.7. The quantitative estimate of drug-likeness (QED) is 0.740. The zero-order chi connectivity index (χ0) is 14.3. The highest BCUT2D eigenvalue weighted by atomic mass is 16.5. The van der Waals surface area contributed by atoms with Crippen molar-refractivity contribution >= 4 is 11.9 Å². The second-order valence-corrected chi connectivity index (χ2v) is 5.38. The lowest BCUT2D eigenvalue weighted by atomic mass is 9.79. The van der Waals surface area contributed by atoms with Crippen molar-refractivity contribution in [2.45, 2.75) is 51.6 Å². The van der Waals surface area contributed by atoms with Gasteiger partial charge >= 0.3 is 5.97 Å². The van der Waals surface area contributed by atoms with Gasteiger partial charge in [-0.05, 0) is 32.1 Å². The number of hydrogen-bond acceptors (Lipinski definition) is 3. The topological polar surface area (TPSA) is 75.6 Å². The number of methoxy groups -OCH3 is 1. The monoisotopic (exact) mass is 271 g/mol. The van der Waals surface area contributed by atoms with E-state index in [0.717, 1.165) is 25.7 Å². The van der Waals surface area contributed by atoms with Crippen LogP contribution in [0.4, 0.5) is 0 Å². The lowest BCUT2D eigenvalue weighted by molar-refractivity contribution is -0.145. The van der Waals surface area contributed by atoms with Crippen molar-refractivity contribution < 1.29 is 19.4 Å². The van der Waals surface area contributed by atoms with Gasteiger partial charge in [0.1, 0.15) is 0 Å². The summed E-state index contributed by atoms with van der Waals surface area (Å²) < 4.78 is 5.09. The molecule has 1 aliphatic carbocycles. The summed E-state index contributed by atoms with van der Waals surface area (Å²) in [7, 11) is 1.63. The highest BCUT2D eigenvalue weighted by Gasteiger charge is 2.30. The van der Waals surface area contributed by atoms with Crippen molar-refractivity contribution in [1.82, 2.24) is 5.32 Å². The molecule has 1 rings (SSSR count). The first-order chi connectivity index (χ1) is 9.04. The van der Waals surface area contributed by atoms with Crippen LogP contribution in [0, 0.1) is 11.8 Å². The zero-order valence-corrected chi connectivity index (χ0v) is 11.9. The van der Waals surface area contributed by atoms with E-state index in [1.54, 1.807) is 7.11 Å². The second-order valence-electron chi connectivity index (χ2n) is 5.38. The number of ether oxygens (including phenoxy) is 1. The van der Waals surface area contributed by atoms with Crippen LogP contribution >= 0.6 is 0 Å². The Kier molecular flexibility index (Phi) is 6.84. The molecule has 1 fully saturated rings. The van der Waals surface area contributed by atoms with Gasteiger partial charge in [-0.3, -0.25) is 9.59 Å². The summed E-state index contributed by atoms with van der Waals surface area (Å²) in [4.78, 5) is 22.8. The van der Waals surface area contributed by atoms with Gasteiger partial charge in [-0.1, -0.05) is 12.8 Å². The molecule has 3 unspecified atom stereocenters. The Morgan fingerprint density at radius 1 is 1.37 bits per heavy atom. The minimum atomic E-state index is -0.730. The second kappa shape index (κ2) is 8.15. The molecular weight excluding hydrogens is 246 g/mol. The molecule has 3 atom stereocenters. The fraction of sp³-hybridized carbons (Fsp3) is 0.857. The molecule has 19 heavy (non-hydrogen) atoms. The Labute approximate surface area is 114 Å². The van der Waals surface area contributed by atoms with Crippen LogP contribution < -0.4 is 5.32 Å². The highest BCUT2D eigenvalue weighted by Crippen LogP contribution is 2.29. The summed E-state index contributed by atoms with van der Waals surface area (Å²) in [5, 5.41) is 12.0. The predicted molar refractivity (Wildman–Crippen MR) is 71.8 cm³/mol. The van der Waals surface area contributed by atoms with Gasteiger partial charge in [0.25, 0.3) is 0 Å². The van der Waals surface area contributed by atoms with Crippen LogP contribution in [0.1, 0.15) is 45.4 Å². The van der Waals surface area contributed by atoms with Crippen LogP contribution in [0.2, 0.25) is 0 Å². The summed E-state index contributed by atoms with van der Waals surface area (Å²) in [6.45, 7) is 2.41. The molecule has 0 saturated heterocycles. The number of nitrogens with one attached hydrogen (secondary N) is 1. The van der Waals surface area contributed by atoms with E-state index >= 15 is 0 Å². The van der Waals surface area contributed by atoms with Gasteiger partial charge in [0.2, 0.25) is 5.91 Å². The summed E-state index contributed by atoms with van der Waals surface area (Å²) >= 11 is 0. The van der Waals surface area contributed by atoms with Crippen LogP contribution in [0.15, 0.2) is 0 Å². The molecule has 0 heterocycles. The first-order valence-corrected chi connectivity index (χ1v) is 7.07.